The lowest BCUT2D eigenvalue weighted by Crippen LogP contribution is -2.49. The van der Waals surface area contributed by atoms with Gasteiger partial charge < -0.3 is 9.80 Å². The van der Waals surface area contributed by atoms with Gasteiger partial charge in [-0.1, -0.05) is 12.1 Å². The van der Waals surface area contributed by atoms with Crippen molar-refractivity contribution in [2.75, 3.05) is 37.6 Å². The number of sulfonamides is 1. The van der Waals surface area contributed by atoms with Crippen molar-refractivity contribution in [2.45, 2.75) is 11.3 Å². The summed E-state index contributed by atoms with van der Waals surface area (Å²) in [6.45, 7) is 1.99. The fourth-order valence-corrected chi connectivity index (χ4v) is 5.08. The third kappa shape index (κ3) is 4.40. The van der Waals surface area contributed by atoms with Crippen LogP contribution in [-0.4, -0.2) is 65.7 Å². The molecule has 0 spiro atoms. The number of amides is 1. The largest absolute Gasteiger partial charge is 0.353 e. The molecule has 12 heteroatoms. The molecule has 9 nitrogen and oxygen atoms in total. The van der Waals surface area contributed by atoms with Crippen LogP contribution < -0.4 is 9.62 Å². The maximum atomic E-state index is 13.3. The Morgan fingerprint density at radius 2 is 1.87 bits per heavy atom. The SMILES string of the molecule is O=C(CCNS(=O)(=O)c1cccc2nsnc12)N1CCN(c2cccc(F)n2)CC1. The van der Waals surface area contributed by atoms with Gasteiger partial charge in [-0.3, -0.25) is 4.79 Å². The van der Waals surface area contributed by atoms with Gasteiger partial charge in [0.25, 0.3) is 0 Å². The number of rotatable bonds is 6. The van der Waals surface area contributed by atoms with Gasteiger partial charge >= 0.3 is 0 Å². The Kier molecular flexibility index (Phi) is 5.88. The molecule has 0 bridgehead atoms. The van der Waals surface area contributed by atoms with E-state index in [2.05, 4.69) is 18.5 Å². The second-order valence-corrected chi connectivity index (χ2v) is 8.99. The summed E-state index contributed by atoms with van der Waals surface area (Å²) in [6.07, 6.45) is 0.0444. The second kappa shape index (κ2) is 8.58. The number of nitrogens with zero attached hydrogens (tertiary/aromatic N) is 5. The van der Waals surface area contributed by atoms with E-state index in [1.807, 2.05) is 4.90 Å². The van der Waals surface area contributed by atoms with Crippen molar-refractivity contribution < 1.29 is 17.6 Å². The van der Waals surface area contributed by atoms with E-state index in [-0.39, 0.29) is 23.8 Å². The molecule has 4 rings (SSSR count). The summed E-state index contributed by atoms with van der Waals surface area (Å²) in [5.74, 6) is -0.138. The summed E-state index contributed by atoms with van der Waals surface area (Å²) in [4.78, 5) is 20.0. The molecule has 30 heavy (non-hydrogen) atoms. The first-order valence-electron chi connectivity index (χ1n) is 9.30. The molecule has 0 radical (unpaired) electrons. The Morgan fingerprint density at radius 3 is 2.63 bits per heavy atom. The molecule has 0 aliphatic carbocycles. The molecule has 0 saturated carbocycles. The fraction of sp³-hybridized carbons (Fsp3) is 0.333. The molecule has 1 aromatic carbocycles. The lowest BCUT2D eigenvalue weighted by molar-refractivity contribution is -0.131. The molecule has 1 aliphatic rings. The van der Waals surface area contributed by atoms with E-state index in [4.69, 9.17) is 0 Å². The highest BCUT2D eigenvalue weighted by Crippen LogP contribution is 2.21. The molecule has 3 aromatic rings. The minimum absolute atomic E-state index is 0.0131. The molecule has 1 amide bonds. The standard InChI is InChI=1S/C18H19FN6O3S2/c19-15-5-2-6-16(21-15)24-9-11-25(12-10-24)17(26)7-8-20-30(27,28)14-4-1-3-13-18(14)23-29-22-13/h1-6,20H,7-12H2. The van der Waals surface area contributed by atoms with Crippen LogP contribution in [0.25, 0.3) is 11.0 Å². The van der Waals surface area contributed by atoms with Crippen LogP contribution in [0, 0.1) is 5.95 Å². The quantitative estimate of drug-likeness (QED) is 0.563. The van der Waals surface area contributed by atoms with Gasteiger partial charge in [-0.25, -0.2) is 18.1 Å². The number of carbonyl (C=O) groups is 1. The molecule has 1 N–H and O–H groups in total. The van der Waals surface area contributed by atoms with Crippen molar-refractivity contribution in [1.82, 2.24) is 23.4 Å². The fourth-order valence-electron chi connectivity index (χ4n) is 3.29. The number of halogens is 1. The minimum atomic E-state index is -3.80. The lowest BCUT2D eigenvalue weighted by Gasteiger charge is -2.35. The summed E-state index contributed by atoms with van der Waals surface area (Å²) >= 11 is 0.948. The van der Waals surface area contributed by atoms with Crippen LogP contribution in [0.2, 0.25) is 0 Å². The van der Waals surface area contributed by atoms with E-state index in [1.54, 1.807) is 29.2 Å². The molecule has 158 valence electrons. The van der Waals surface area contributed by atoms with Crippen molar-refractivity contribution >= 4 is 44.5 Å². The normalized spacial score (nSPS) is 15.0. The summed E-state index contributed by atoms with van der Waals surface area (Å²) in [7, 11) is -3.80. The molecule has 0 atom stereocenters. The summed E-state index contributed by atoms with van der Waals surface area (Å²) in [5, 5.41) is 0. The van der Waals surface area contributed by atoms with Crippen LogP contribution in [0.15, 0.2) is 41.3 Å². The van der Waals surface area contributed by atoms with Gasteiger partial charge in [0, 0.05) is 39.1 Å². The summed E-state index contributed by atoms with van der Waals surface area (Å²) in [6, 6.07) is 9.39. The van der Waals surface area contributed by atoms with Crippen molar-refractivity contribution in [3.63, 3.8) is 0 Å². The molecule has 1 fully saturated rings. The molecule has 1 saturated heterocycles. The number of nitrogens with one attached hydrogen (secondary N) is 1. The maximum Gasteiger partial charge on any atom is 0.242 e. The topological polar surface area (TPSA) is 108 Å². The van der Waals surface area contributed by atoms with Gasteiger partial charge in [-0.15, -0.1) is 0 Å². The Balaban J connectivity index is 1.30. The van der Waals surface area contributed by atoms with E-state index in [0.717, 1.165) is 11.7 Å². The molecule has 0 unspecified atom stereocenters. The summed E-state index contributed by atoms with van der Waals surface area (Å²) < 4.78 is 49.0. The molecule has 3 heterocycles. The van der Waals surface area contributed by atoms with Crippen molar-refractivity contribution in [3.05, 3.63) is 42.3 Å². The first kappa shape index (κ1) is 20.6. The predicted octanol–water partition coefficient (Wildman–Crippen LogP) is 1.24. The van der Waals surface area contributed by atoms with Crippen LogP contribution in [0.3, 0.4) is 0 Å². The van der Waals surface area contributed by atoms with Crippen LogP contribution in [0.1, 0.15) is 6.42 Å². The average Bonchev–Trinajstić information content (AvgIpc) is 3.22. The van der Waals surface area contributed by atoms with Crippen LogP contribution in [-0.2, 0) is 14.8 Å². The van der Waals surface area contributed by atoms with Gasteiger partial charge in [-0.2, -0.15) is 13.1 Å². The Morgan fingerprint density at radius 1 is 1.10 bits per heavy atom. The Labute approximate surface area is 176 Å². The highest BCUT2D eigenvalue weighted by Gasteiger charge is 2.23. The number of aromatic nitrogens is 3. The number of hydrogen-bond donors (Lipinski definition) is 1. The van der Waals surface area contributed by atoms with E-state index in [9.17, 15) is 17.6 Å². The third-order valence-corrected chi connectivity index (χ3v) is 6.86. The molecule has 1 aliphatic heterocycles. The zero-order valence-electron chi connectivity index (χ0n) is 15.9. The third-order valence-electron chi connectivity index (χ3n) is 4.83. The molecule has 2 aromatic heterocycles. The molecular weight excluding hydrogens is 431 g/mol. The number of hydrogen-bond acceptors (Lipinski definition) is 8. The number of piperazine rings is 1. The van der Waals surface area contributed by atoms with Gasteiger partial charge in [0.05, 0.1) is 11.7 Å². The van der Waals surface area contributed by atoms with Gasteiger partial charge in [0.15, 0.2) is 0 Å². The zero-order valence-corrected chi connectivity index (χ0v) is 17.5. The monoisotopic (exact) mass is 450 g/mol. The number of benzene rings is 1. The highest BCUT2D eigenvalue weighted by atomic mass is 32.2. The van der Waals surface area contributed by atoms with Gasteiger partial charge in [0.1, 0.15) is 21.7 Å². The smallest absolute Gasteiger partial charge is 0.242 e. The number of carbonyl (C=O) groups excluding carboxylic acids is 1. The van der Waals surface area contributed by atoms with Gasteiger partial charge in [-0.05, 0) is 24.3 Å². The lowest BCUT2D eigenvalue weighted by atomic mass is 10.2. The van der Waals surface area contributed by atoms with E-state index in [0.29, 0.717) is 43.0 Å². The number of pyridine rings is 1. The van der Waals surface area contributed by atoms with Gasteiger partial charge in [0.2, 0.25) is 21.9 Å². The predicted molar refractivity (Wildman–Crippen MR) is 110 cm³/mol. The number of anilines is 1. The van der Waals surface area contributed by atoms with Crippen molar-refractivity contribution in [3.8, 4) is 0 Å². The highest BCUT2D eigenvalue weighted by molar-refractivity contribution is 7.89. The van der Waals surface area contributed by atoms with E-state index in [1.165, 1.54) is 12.1 Å². The van der Waals surface area contributed by atoms with E-state index < -0.39 is 16.0 Å². The Bertz CT molecular complexity index is 1160. The van der Waals surface area contributed by atoms with Crippen LogP contribution in [0.5, 0.6) is 0 Å². The van der Waals surface area contributed by atoms with Crippen LogP contribution >= 0.6 is 11.7 Å². The van der Waals surface area contributed by atoms with Crippen LogP contribution in [0.4, 0.5) is 10.2 Å². The number of fused-ring (bicyclic) bond motifs is 1. The first-order chi connectivity index (χ1) is 14.4. The molecular formula is C18H19FN6O3S2. The van der Waals surface area contributed by atoms with Crippen molar-refractivity contribution in [2.24, 2.45) is 0 Å². The second-order valence-electron chi connectivity index (χ2n) is 6.72. The van der Waals surface area contributed by atoms with E-state index >= 15 is 0 Å². The zero-order chi connectivity index (χ0) is 21.1. The first-order valence-corrected chi connectivity index (χ1v) is 11.5. The van der Waals surface area contributed by atoms with Crippen molar-refractivity contribution in [1.29, 1.82) is 0 Å². The summed E-state index contributed by atoms with van der Waals surface area (Å²) in [5.41, 5.74) is 0.841. The average molecular weight is 451 g/mol. The minimum Gasteiger partial charge on any atom is -0.353 e. The Hall–Kier alpha value is -2.70. The maximum absolute atomic E-state index is 13.3.